The Morgan fingerprint density at radius 1 is 0.364 bits per heavy atom. The number of carbonyl (C=O) groups is 1. The van der Waals surface area contributed by atoms with Gasteiger partial charge in [-0.2, -0.15) is 0 Å². The Bertz CT molecular complexity index is 438. The van der Waals surface area contributed by atoms with Gasteiger partial charge in [0, 0.05) is 27.4 Å². The van der Waals surface area contributed by atoms with Crippen LogP contribution in [0.15, 0.2) is 0 Å². The molecule has 0 rings (SSSR count). The van der Waals surface area contributed by atoms with Crippen molar-refractivity contribution in [3.8, 4) is 0 Å². The van der Waals surface area contributed by atoms with E-state index in [1.54, 1.807) is 14.2 Å². The second-order valence-corrected chi connectivity index (χ2v) is 13.0. The van der Waals surface area contributed by atoms with E-state index in [-0.39, 0.29) is 0 Å². The molecule has 5 heteroatoms. The third kappa shape index (κ3) is 60.4. The van der Waals surface area contributed by atoms with Crippen LogP contribution < -0.4 is 11.5 Å². The van der Waals surface area contributed by atoms with Crippen molar-refractivity contribution in [2.24, 2.45) is 11.5 Å². The molecule has 0 heterocycles. The number of nitrogens with two attached hydrogens (primary N) is 2. The highest BCUT2D eigenvalue weighted by molar-refractivity contribution is 5.69. The first-order chi connectivity index (χ1) is 21.6. The van der Waals surface area contributed by atoms with Crippen LogP contribution in [0.3, 0.4) is 0 Å². The number of primary amides is 2. The molecule has 0 aromatic heterocycles. The molecule has 0 saturated heterocycles. The molecule has 268 valence electrons. The molecule has 4 N–H and O–H groups in total. The van der Waals surface area contributed by atoms with E-state index in [1.807, 2.05) is 0 Å². The van der Waals surface area contributed by atoms with Gasteiger partial charge in [0.15, 0.2) is 0 Å². The van der Waals surface area contributed by atoms with Gasteiger partial charge in [0.1, 0.15) is 0 Å². The van der Waals surface area contributed by atoms with E-state index in [2.05, 4.69) is 30.1 Å². The number of unbranched alkanes of at least 4 members (excludes halogenated alkanes) is 30. The van der Waals surface area contributed by atoms with E-state index in [4.69, 9.17) is 9.53 Å². The second-order valence-electron chi connectivity index (χ2n) is 13.0. The lowest BCUT2D eigenvalue weighted by Crippen LogP contribution is -2.18. The fourth-order valence-corrected chi connectivity index (χ4v) is 5.61. The highest BCUT2D eigenvalue weighted by Gasteiger charge is 1.97. The Morgan fingerprint density at radius 2 is 0.500 bits per heavy atom. The molecule has 0 radical (unpaired) electrons. The van der Waals surface area contributed by atoms with Crippen LogP contribution in [0, 0.1) is 0 Å². The summed E-state index contributed by atoms with van der Waals surface area (Å²) in [6.45, 7) is 6.60. The Balaban J connectivity index is -0.00000216. The van der Waals surface area contributed by atoms with Crippen LogP contribution in [0.25, 0.3) is 0 Å². The maximum Gasteiger partial charge on any atom is 0.309 e. The molecule has 0 bridgehead atoms. The van der Waals surface area contributed by atoms with Crippen molar-refractivity contribution in [3.63, 3.8) is 0 Å². The van der Waals surface area contributed by atoms with E-state index >= 15 is 0 Å². The summed E-state index contributed by atoms with van der Waals surface area (Å²) < 4.78 is 10.1. The average Bonchev–Trinajstić information content (AvgIpc) is 2.99. The maximum absolute atomic E-state index is 9.00. The van der Waals surface area contributed by atoms with Gasteiger partial charge >= 0.3 is 6.03 Å². The summed E-state index contributed by atoms with van der Waals surface area (Å²) in [6.07, 6.45) is 46.0. The third-order valence-corrected chi connectivity index (χ3v) is 8.28. The molecule has 5 nitrogen and oxygen atoms in total. The topological polar surface area (TPSA) is 87.6 Å². The summed E-state index contributed by atoms with van der Waals surface area (Å²) in [5, 5.41) is 0. The first kappa shape index (κ1) is 47.6. The van der Waals surface area contributed by atoms with E-state index in [0.717, 1.165) is 13.2 Å². The van der Waals surface area contributed by atoms with Crippen LogP contribution in [-0.4, -0.2) is 33.5 Å². The first-order valence-electron chi connectivity index (χ1n) is 19.6. The molecule has 2 amide bonds. The van der Waals surface area contributed by atoms with Gasteiger partial charge < -0.3 is 20.9 Å². The summed E-state index contributed by atoms with van der Waals surface area (Å²) in [4.78, 5) is 9.00. The fourth-order valence-electron chi connectivity index (χ4n) is 5.61. The maximum atomic E-state index is 9.00. The minimum absolute atomic E-state index is 0.833. The number of carbonyl (C=O) groups excluding carboxylic acids is 1. The largest absolute Gasteiger partial charge is 0.388 e. The zero-order valence-corrected chi connectivity index (χ0v) is 30.9. The molecule has 0 aliphatic rings. The van der Waals surface area contributed by atoms with Gasteiger partial charge in [-0.05, 0) is 12.8 Å². The summed E-state index contributed by atoms with van der Waals surface area (Å²) in [6, 6.07) is -0.833. The molecular weight excluding hydrogens is 544 g/mol. The van der Waals surface area contributed by atoms with Gasteiger partial charge in [-0.15, -0.1) is 0 Å². The molecule has 0 fully saturated rings. The molecule has 0 saturated carbocycles. The van der Waals surface area contributed by atoms with Crippen molar-refractivity contribution in [2.45, 2.75) is 219 Å². The summed E-state index contributed by atoms with van der Waals surface area (Å²) in [5.74, 6) is 0. The lowest BCUT2D eigenvalue weighted by atomic mass is 10.0. The zero-order valence-electron chi connectivity index (χ0n) is 30.9. The van der Waals surface area contributed by atoms with E-state index < -0.39 is 6.03 Å². The predicted molar refractivity (Wildman–Crippen MR) is 197 cm³/mol. The highest BCUT2D eigenvalue weighted by atomic mass is 16.5. The number of amides is 2. The second kappa shape index (κ2) is 49.1. The van der Waals surface area contributed by atoms with Crippen LogP contribution in [0.5, 0.6) is 0 Å². The minimum Gasteiger partial charge on any atom is -0.388 e. The van der Waals surface area contributed by atoms with Gasteiger partial charge in [-0.1, -0.05) is 206 Å². The summed E-state index contributed by atoms with van der Waals surface area (Å²) in [7, 11) is 3.25. The highest BCUT2D eigenvalue weighted by Crippen LogP contribution is 2.15. The normalized spacial score (nSPS) is 10.6. The molecule has 0 aromatic carbocycles. The number of methoxy groups -OCH3 is 1. The van der Waals surface area contributed by atoms with Crippen molar-refractivity contribution in [2.75, 3.05) is 27.4 Å². The quantitative estimate of drug-likeness (QED) is 0.0695. The monoisotopic (exact) mass is 629 g/mol. The Kier molecular flexibility index (Phi) is 53.1. The molecule has 0 aromatic rings. The number of urea groups is 1. The third-order valence-electron chi connectivity index (χ3n) is 8.28. The van der Waals surface area contributed by atoms with E-state index in [1.165, 1.54) is 205 Å². The fraction of sp³-hybridized carbons (Fsp3) is 0.974. The van der Waals surface area contributed by atoms with Crippen molar-refractivity contribution < 1.29 is 14.3 Å². The SMILES string of the molecule is CCCCCCCCCCCCCCCCCCOCCCCCCCCCCCCCCCCCC.COC.NC(N)=O. The number of rotatable bonds is 34. The minimum atomic E-state index is -0.833. The van der Waals surface area contributed by atoms with E-state index in [0.29, 0.717) is 0 Å². The number of hydrogen-bond donors (Lipinski definition) is 2. The molecule has 0 aliphatic carbocycles. The van der Waals surface area contributed by atoms with Crippen LogP contribution in [0.2, 0.25) is 0 Å². The predicted octanol–water partition coefficient (Wildman–Crippen LogP) is 12.8. The Morgan fingerprint density at radius 3 is 0.659 bits per heavy atom. The lowest BCUT2D eigenvalue weighted by molar-refractivity contribution is 0.125. The van der Waals surface area contributed by atoms with Crippen molar-refractivity contribution in [3.05, 3.63) is 0 Å². The molecule has 0 spiro atoms. The molecule has 44 heavy (non-hydrogen) atoms. The lowest BCUT2D eigenvalue weighted by Gasteiger charge is -2.06. The Hall–Kier alpha value is -0.810. The smallest absolute Gasteiger partial charge is 0.309 e. The molecule has 0 aliphatic heterocycles. The van der Waals surface area contributed by atoms with Crippen LogP contribution in [-0.2, 0) is 9.47 Å². The molecular formula is C39H84N2O3. The first-order valence-corrected chi connectivity index (χ1v) is 19.6. The van der Waals surface area contributed by atoms with Crippen molar-refractivity contribution >= 4 is 6.03 Å². The standard InChI is InChI=1S/C36H74O.C2H6O.CH4N2O/c1-3-5-7-9-11-13-15-17-19-21-23-25-27-29-31-33-35-37-36-34-32-30-28-26-24-22-20-18-16-14-12-10-8-6-4-2;1-3-2;2-1(3)4/h3-36H2,1-2H3;1-2H3;(H4,2,3,4). The number of ether oxygens (including phenoxy) is 2. The van der Waals surface area contributed by atoms with Crippen LogP contribution in [0.1, 0.15) is 219 Å². The summed E-state index contributed by atoms with van der Waals surface area (Å²) in [5.41, 5.74) is 8.50. The van der Waals surface area contributed by atoms with Gasteiger partial charge in [0.25, 0.3) is 0 Å². The Labute approximate surface area is 278 Å². The van der Waals surface area contributed by atoms with Gasteiger partial charge in [-0.25, -0.2) is 4.79 Å². The molecule has 0 atom stereocenters. The average molecular weight is 629 g/mol. The van der Waals surface area contributed by atoms with Gasteiger partial charge in [0.2, 0.25) is 0 Å². The van der Waals surface area contributed by atoms with E-state index in [9.17, 15) is 0 Å². The van der Waals surface area contributed by atoms with Crippen molar-refractivity contribution in [1.29, 1.82) is 0 Å². The zero-order chi connectivity index (χ0) is 33.0. The van der Waals surface area contributed by atoms with Crippen molar-refractivity contribution in [1.82, 2.24) is 0 Å². The number of hydrogen-bond acceptors (Lipinski definition) is 3. The molecule has 0 unspecified atom stereocenters. The van der Waals surface area contributed by atoms with Crippen LogP contribution >= 0.6 is 0 Å². The van der Waals surface area contributed by atoms with Crippen LogP contribution in [0.4, 0.5) is 4.79 Å². The van der Waals surface area contributed by atoms with Gasteiger partial charge in [-0.3, -0.25) is 0 Å². The van der Waals surface area contributed by atoms with Gasteiger partial charge in [0.05, 0.1) is 0 Å². The summed E-state index contributed by atoms with van der Waals surface area (Å²) >= 11 is 0.